The number of carboxylic acids is 1. The van der Waals surface area contributed by atoms with Gasteiger partial charge in [-0.15, -0.1) is 0 Å². The number of carbonyl (C=O) groups is 1. The first-order valence-electron chi connectivity index (χ1n) is 13.3. The molecule has 3 nitrogen and oxygen atoms in total. The Morgan fingerprint density at radius 1 is 1.12 bits per heavy atom. The molecule has 4 aliphatic rings. The van der Waals surface area contributed by atoms with E-state index in [4.69, 9.17) is 5.11 Å². The summed E-state index contributed by atoms with van der Waals surface area (Å²) in [5, 5.41) is 19.9. The first kappa shape index (κ1) is 24.8. The van der Waals surface area contributed by atoms with Gasteiger partial charge in [-0.25, -0.2) is 4.79 Å². The Labute approximate surface area is 201 Å². The Morgan fingerprint density at radius 2 is 1.82 bits per heavy atom. The molecular weight excluding hydrogens is 408 g/mol. The molecule has 0 bridgehead atoms. The van der Waals surface area contributed by atoms with E-state index in [-0.39, 0.29) is 27.8 Å². The normalized spacial score (nSPS) is 43.0. The number of fused-ring (bicyclic) bond motifs is 5. The maximum absolute atomic E-state index is 11.1. The van der Waals surface area contributed by atoms with Crippen molar-refractivity contribution in [2.45, 2.75) is 106 Å². The molecule has 0 spiro atoms. The fourth-order valence-corrected chi connectivity index (χ4v) is 8.80. The molecule has 3 heteroatoms. The zero-order valence-electron chi connectivity index (χ0n) is 22.0. The minimum Gasteiger partial charge on any atom is -0.478 e. The molecule has 0 heterocycles. The van der Waals surface area contributed by atoms with Crippen LogP contribution in [0.1, 0.15) is 99.8 Å². The summed E-state index contributed by atoms with van der Waals surface area (Å²) in [6.07, 6.45) is 15.5. The van der Waals surface area contributed by atoms with Gasteiger partial charge < -0.3 is 10.2 Å². The van der Waals surface area contributed by atoms with Crippen molar-refractivity contribution < 1.29 is 15.0 Å². The average Bonchev–Trinajstić information content (AvgIpc) is 3.02. The standard InChI is InChI=1S/C30H46O3/c1-19(9-8-10-20(2)26(32)33)21-13-17-30(7)23-11-12-24-27(3,4)25(31)15-16-28(24,5)22(23)14-18-29(21,30)6/h10-11,14,19,21,24-25,31H,8-9,12-13,15-18H2,1-7H3,(H,32,33)/b20-10+/t19-,21-,24+,25+,28-,29-,30+/m1/s1. The molecule has 0 radical (unpaired) electrons. The van der Waals surface area contributed by atoms with E-state index in [0.717, 1.165) is 38.5 Å². The highest BCUT2D eigenvalue weighted by Crippen LogP contribution is 2.71. The first-order chi connectivity index (χ1) is 15.3. The molecule has 2 N–H and O–H groups in total. The van der Waals surface area contributed by atoms with Crippen molar-refractivity contribution in [1.29, 1.82) is 0 Å². The van der Waals surface area contributed by atoms with Crippen LogP contribution in [0, 0.1) is 39.4 Å². The maximum atomic E-state index is 11.1. The smallest absolute Gasteiger partial charge is 0.330 e. The minimum atomic E-state index is -0.803. The molecule has 2 fully saturated rings. The Kier molecular flexibility index (Phi) is 6.08. The minimum absolute atomic E-state index is 0.0498. The van der Waals surface area contributed by atoms with Gasteiger partial charge in [0, 0.05) is 5.57 Å². The Hall–Kier alpha value is -1.35. The molecule has 0 aromatic heterocycles. The van der Waals surface area contributed by atoms with E-state index < -0.39 is 5.97 Å². The summed E-state index contributed by atoms with van der Waals surface area (Å²) in [5.74, 6) is 0.940. The number of hydrogen-bond acceptors (Lipinski definition) is 2. The second kappa shape index (κ2) is 8.11. The van der Waals surface area contributed by atoms with Crippen LogP contribution in [0.4, 0.5) is 0 Å². The molecule has 33 heavy (non-hydrogen) atoms. The van der Waals surface area contributed by atoms with E-state index in [1.807, 2.05) is 6.08 Å². The summed E-state index contributed by atoms with van der Waals surface area (Å²) < 4.78 is 0. The molecule has 0 aromatic rings. The second-order valence-electron chi connectivity index (χ2n) is 13.2. The maximum Gasteiger partial charge on any atom is 0.330 e. The van der Waals surface area contributed by atoms with E-state index in [9.17, 15) is 9.90 Å². The molecule has 7 atom stereocenters. The summed E-state index contributed by atoms with van der Waals surface area (Å²) in [5.41, 5.74) is 4.26. The molecule has 4 aliphatic carbocycles. The zero-order valence-corrected chi connectivity index (χ0v) is 22.0. The van der Waals surface area contributed by atoms with Gasteiger partial charge in [0.05, 0.1) is 6.10 Å². The molecule has 0 saturated heterocycles. The monoisotopic (exact) mass is 454 g/mol. The van der Waals surface area contributed by atoms with E-state index >= 15 is 0 Å². The fourth-order valence-electron chi connectivity index (χ4n) is 8.80. The highest BCUT2D eigenvalue weighted by Gasteiger charge is 2.62. The zero-order chi connectivity index (χ0) is 24.4. The van der Waals surface area contributed by atoms with Crippen LogP contribution in [-0.4, -0.2) is 22.3 Å². The largest absolute Gasteiger partial charge is 0.478 e. The van der Waals surface area contributed by atoms with Gasteiger partial charge in [0.2, 0.25) is 0 Å². The van der Waals surface area contributed by atoms with Gasteiger partial charge in [0.1, 0.15) is 0 Å². The van der Waals surface area contributed by atoms with Crippen molar-refractivity contribution in [1.82, 2.24) is 0 Å². The van der Waals surface area contributed by atoms with Crippen LogP contribution < -0.4 is 0 Å². The number of hydrogen-bond donors (Lipinski definition) is 2. The topological polar surface area (TPSA) is 57.5 Å². The lowest BCUT2D eigenvalue weighted by Crippen LogP contribution is -2.54. The number of rotatable bonds is 5. The SMILES string of the molecule is C/C(=C\CC[C@@H](C)[C@H]1CC[C@@]2(C)C3=CC[C@H]4C(C)(C)[C@@H](O)CC[C@]4(C)C3=CC[C@]12C)C(=O)O. The molecule has 4 rings (SSSR count). The number of aliphatic hydroxyl groups is 1. The number of carboxylic acid groups (broad SMARTS) is 1. The van der Waals surface area contributed by atoms with Crippen LogP contribution in [0.25, 0.3) is 0 Å². The molecule has 0 aromatic carbocycles. The third-order valence-corrected chi connectivity index (χ3v) is 11.4. The third kappa shape index (κ3) is 3.51. The van der Waals surface area contributed by atoms with Crippen LogP contribution in [0.2, 0.25) is 0 Å². The van der Waals surface area contributed by atoms with Gasteiger partial charge in [-0.05, 0) is 109 Å². The summed E-state index contributed by atoms with van der Waals surface area (Å²) in [4.78, 5) is 11.1. The Morgan fingerprint density at radius 3 is 2.48 bits per heavy atom. The highest BCUT2D eigenvalue weighted by atomic mass is 16.4. The van der Waals surface area contributed by atoms with Crippen molar-refractivity contribution in [2.75, 3.05) is 0 Å². The molecule has 0 amide bonds. The van der Waals surface area contributed by atoms with E-state index in [1.54, 1.807) is 18.1 Å². The quantitative estimate of drug-likeness (QED) is 0.428. The van der Waals surface area contributed by atoms with Crippen LogP contribution in [-0.2, 0) is 4.79 Å². The van der Waals surface area contributed by atoms with E-state index in [0.29, 0.717) is 23.3 Å². The van der Waals surface area contributed by atoms with Crippen molar-refractivity contribution in [2.24, 2.45) is 39.4 Å². The van der Waals surface area contributed by atoms with Crippen molar-refractivity contribution >= 4 is 5.97 Å². The average molecular weight is 455 g/mol. The lowest BCUT2D eigenvalue weighted by atomic mass is 9.44. The van der Waals surface area contributed by atoms with Gasteiger partial charge in [-0.1, -0.05) is 59.8 Å². The molecule has 0 unspecified atom stereocenters. The lowest BCUT2D eigenvalue weighted by molar-refractivity contribution is -0.132. The van der Waals surface area contributed by atoms with Crippen LogP contribution in [0.15, 0.2) is 34.9 Å². The van der Waals surface area contributed by atoms with E-state index in [1.165, 1.54) is 12.8 Å². The third-order valence-electron chi connectivity index (χ3n) is 11.4. The molecule has 0 aliphatic heterocycles. The Bertz CT molecular complexity index is 908. The van der Waals surface area contributed by atoms with Crippen LogP contribution in [0.5, 0.6) is 0 Å². The predicted octanol–water partition coefficient (Wildman–Crippen LogP) is 7.32. The predicted molar refractivity (Wildman–Crippen MR) is 135 cm³/mol. The number of aliphatic carboxylic acids is 1. The highest BCUT2D eigenvalue weighted by molar-refractivity contribution is 5.85. The molecular formula is C30H46O3. The second-order valence-corrected chi connectivity index (χ2v) is 13.2. The summed E-state index contributed by atoms with van der Waals surface area (Å²) >= 11 is 0. The Balaban J connectivity index is 1.61. The summed E-state index contributed by atoms with van der Waals surface area (Å²) in [7, 11) is 0. The first-order valence-corrected chi connectivity index (χ1v) is 13.3. The van der Waals surface area contributed by atoms with Crippen molar-refractivity contribution in [3.8, 4) is 0 Å². The van der Waals surface area contributed by atoms with Gasteiger partial charge >= 0.3 is 5.97 Å². The van der Waals surface area contributed by atoms with Gasteiger partial charge in [0.15, 0.2) is 0 Å². The number of allylic oxidation sites excluding steroid dienone is 5. The van der Waals surface area contributed by atoms with Crippen LogP contribution >= 0.6 is 0 Å². The van der Waals surface area contributed by atoms with Gasteiger partial charge in [0.25, 0.3) is 0 Å². The fraction of sp³-hybridized carbons (Fsp3) is 0.767. The van der Waals surface area contributed by atoms with Crippen molar-refractivity contribution in [3.05, 3.63) is 34.9 Å². The van der Waals surface area contributed by atoms with Gasteiger partial charge in [-0.3, -0.25) is 0 Å². The lowest BCUT2D eigenvalue weighted by Gasteiger charge is -2.61. The van der Waals surface area contributed by atoms with E-state index in [2.05, 4.69) is 53.7 Å². The summed E-state index contributed by atoms with van der Waals surface area (Å²) in [6.45, 7) is 16.2. The number of aliphatic hydroxyl groups excluding tert-OH is 1. The van der Waals surface area contributed by atoms with Crippen molar-refractivity contribution in [3.63, 3.8) is 0 Å². The van der Waals surface area contributed by atoms with Gasteiger partial charge in [-0.2, -0.15) is 0 Å². The summed E-state index contributed by atoms with van der Waals surface area (Å²) in [6, 6.07) is 0. The molecule has 2 saturated carbocycles. The van der Waals surface area contributed by atoms with Crippen LogP contribution in [0.3, 0.4) is 0 Å². The molecule has 184 valence electrons.